The van der Waals surface area contributed by atoms with Gasteiger partial charge in [0.25, 0.3) is 0 Å². The lowest BCUT2D eigenvalue weighted by atomic mass is 10.0. The number of hydrogen-bond donors (Lipinski definition) is 1. The smallest absolute Gasteiger partial charge is 0.118 e. The van der Waals surface area contributed by atoms with E-state index in [2.05, 4.69) is 24.0 Å². The van der Waals surface area contributed by atoms with Crippen molar-refractivity contribution in [3.05, 3.63) is 29.8 Å². The monoisotopic (exact) mass is 278 g/mol. The first kappa shape index (κ1) is 15.3. The van der Waals surface area contributed by atoms with Crippen LogP contribution in [0.3, 0.4) is 0 Å². The molecule has 2 N–H and O–H groups in total. The molecule has 1 heterocycles. The molecule has 1 aromatic rings. The lowest BCUT2D eigenvalue weighted by Gasteiger charge is -2.30. The number of nitrogens with two attached hydrogens (primary N) is 1. The van der Waals surface area contributed by atoms with Gasteiger partial charge >= 0.3 is 0 Å². The van der Waals surface area contributed by atoms with E-state index in [0.29, 0.717) is 12.0 Å². The number of rotatable bonds is 6. The summed E-state index contributed by atoms with van der Waals surface area (Å²) in [4.78, 5) is 2.47. The molecule has 1 fully saturated rings. The maximum Gasteiger partial charge on any atom is 0.118 e. The Bertz CT molecular complexity index is 407. The Morgan fingerprint density at radius 2 is 2.00 bits per heavy atom. The van der Waals surface area contributed by atoms with E-state index in [1.165, 1.54) is 6.42 Å². The van der Waals surface area contributed by atoms with Crippen molar-refractivity contribution in [3.8, 4) is 5.75 Å². The number of likely N-dealkylation sites (tertiary alicyclic amines) is 1. The van der Waals surface area contributed by atoms with Crippen LogP contribution in [0.25, 0.3) is 0 Å². The maximum absolute atomic E-state index is 6.42. The molecule has 1 aliphatic rings. The highest BCUT2D eigenvalue weighted by Gasteiger charge is 2.29. The minimum absolute atomic E-state index is 0.0298. The van der Waals surface area contributed by atoms with Crippen molar-refractivity contribution >= 4 is 0 Å². The van der Waals surface area contributed by atoms with Gasteiger partial charge in [-0.1, -0.05) is 12.1 Å². The van der Waals surface area contributed by atoms with Crippen molar-refractivity contribution in [1.82, 2.24) is 4.90 Å². The third-order valence-electron chi connectivity index (χ3n) is 4.32. The number of ether oxygens (including phenoxy) is 2. The molecule has 2 rings (SSSR count). The van der Waals surface area contributed by atoms with Crippen LogP contribution in [-0.2, 0) is 4.74 Å². The topological polar surface area (TPSA) is 47.7 Å². The summed E-state index contributed by atoms with van der Waals surface area (Å²) < 4.78 is 10.4. The lowest BCUT2D eigenvalue weighted by Crippen LogP contribution is -2.39. The molecular weight excluding hydrogens is 252 g/mol. The van der Waals surface area contributed by atoms with E-state index in [1.807, 2.05) is 12.1 Å². The normalized spacial score (nSPS) is 22.7. The standard InChI is InChI=1S/C16H26N2O2/c1-12(18-9-8-13(10-18)11-19-2)16(17)14-4-6-15(20-3)7-5-14/h4-7,12-13,16H,8-11,17H2,1-3H3. The Labute approximate surface area is 121 Å². The minimum Gasteiger partial charge on any atom is -0.497 e. The van der Waals surface area contributed by atoms with Gasteiger partial charge in [0.1, 0.15) is 5.75 Å². The zero-order valence-electron chi connectivity index (χ0n) is 12.7. The molecule has 112 valence electrons. The Morgan fingerprint density at radius 3 is 2.60 bits per heavy atom. The van der Waals surface area contributed by atoms with E-state index in [1.54, 1.807) is 14.2 Å². The number of benzene rings is 1. The molecule has 0 bridgehead atoms. The first-order valence-electron chi connectivity index (χ1n) is 7.28. The average Bonchev–Trinajstić information content (AvgIpc) is 2.95. The molecular formula is C16H26N2O2. The fourth-order valence-corrected chi connectivity index (χ4v) is 2.94. The Morgan fingerprint density at radius 1 is 1.30 bits per heavy atom. The molecule has 0 aliphatic carbocycles. The molecule has 0 aromatic heterocycles. The van der Waals surface area contributed by atoms with Gasteiger partial charge < -0.3 is 15.2 Å². The van der Waals surface area contributed by atoms with Gasteiger partial charge in [-0.2, -0.15) is 0 Å². The summed E-state index contributed by atoms with van der Waals surface area (Å²) >= 11 is 0. The van der Waals surface area contributed by atoms with E-state index in [-0.39, 0.29) is 6.04 Å². The summed E-state index contributed by atoms with van der Waals surface area (Å²) in [6.07, 6.45) is 1.20. The first-order valence-corrected chi connectivity index (χ1v) is 7.28. The van der Waals surface area contributed by atoms with Crippen LogP contribution in [0.4, 0.5) is 0 Å². The number of hydrogen-bond acceptors (Lipinski definition) is 4. The third kappa shape index (κ3) is 3.51. The Balaban J connectivity index is 1.95. The van der Waals surface area contributed by atoms with Gasteiger partial charge in [-0.05, 0) is 43.5 Å². The summed E-state index contributed by atoms with van der Waals surface area (Å²) in [5.41, 5.74) is 7.58. The van der Waals surface area contributed by atoms with Crippen LogP contribution in [0.15, 0.2) is 24.3 Å². The highest BCUT2D eigenvalue weighted by atomic mass is 16.5. The molecule has 20 heavy (non-hydrogen) atoms. The lowest BCUT2D eigenvalue weighted by molar-refractivity contribution is 0.145. The van der Waals surface area contributed by atoms with Crippen molar-refractivity contribution in [2.45, 2.75) is 25.4 Å². The van der Waals surface area contributed by atoms with Crippen LogP contribution < -0.4 is 10.5 Å². The fraction of sp³-hybridized carbons (Fsp3) is 0.625. The van der Waals surface area contributed by atoms with Gasteiger partial charge in [-0.15, -0.1) is 0 Å². The molecule has 1 saturated heterocycles. The summed E-state index contributed by atoms with van der Waals surface area (Å²) in [5.74, 6) is 1.51. The van der Waals surface area contributed by atoms with E-state index in [0.717, 1.165) is 31.0 Å². The molecule has 0 radical (unpaired) electrons. The molecule has 0 amide bonds. The SMILES string of the molecule is COCC1CCN(C(C)C(N)c2ccc(OC)cc2)C1. The van der Waals surface area contributed by atoms with Crippen molar-refractivity contribution in [1.29, 1.82) is 0 Å². The summed E-state index contributed by atoms with van der Waals surface area (Å²) in [6.45, 7) is 5.25. The van der Waals surface area contributed by atoms with Crippen molar-refractivity contribution < 1.29 is 9.47 Å². The van der Waals surface area contributed by atoms with Gasteiger partial charge in [0, 0.05) is 25.7 Å². The van der Waals surface area contributed by atoms with Gasteiger partial charge in [0.15, 0.2) is 0 Å². The summed E-state index contributed by atoms with van der Waals surface area (Å²) in [6, 6.07) is 8.43. The van der Waals surface area contributed by atoms with Gasteiger partial charge in [-0.25, -0.2) is 0 Å². The van der Waals surface area contributed by atoms with Gasteiger partial charge in [0.05, 0.1) is 13.7 Å². The molecule has 4 nitrogen and oxygen atoms in total. The second-order valence-corrected chi connectivity index (χ2v) is 5.64. The quantitative estimate of drug-likeness (QED) is 0.865. The molecule has 1 aliphatic heterocycles. The average molecular weight is 278 g/mol. The minimum atomic E-state index is 0.0298. The second kappa shape index (κ2) is 7.07. The van der Waals surface area contributed by atoms with Crippen LogP contribution in [0.1, 0.15) is 24.9 Å². The molecule has 0 saturated carbocycles. The van der Waals surface area contributed by atoms with Crippen LogP contribution in [0.5, 0.6) is 5.75 Å². The van der Waals surface area contributed by atoms with Crippen LogP contribution >= 0.6 is 0 Å². The van der Waals surface area contributed by atoms with E-state index in [4.69, 9.17) is 15.2 Å². The molecule has 1 aromatic carbocycles. The predicted molar refractivity (Wildman–Crippen MR) is 80.9 cm³/mol. The van der Waals surface area contributed by atoms with Crippen molar-refractivity contribution in [3.63, 3.8) is 0 Å². The molecule has 3 atom stereocenters. The molecule has 3 unspecified atom stereocenters. The number of nitrogens with zero attached hydrogens (tertiary/aromatic N) is 1. The Hall–Kier alpha value is -1.10. The van der Waals surface area contributed by atoms with Crippen molar-refractivity contribution in [2.75, 3.05) is 33.9 Å². The van der Waals surface area contributed by atoms with E-state index >= 15 is 0 Å². The molecule has 4 heteroatoms. The van der Waals surface area contributed by atoms with Crippen LogP contribution in [0, 0.1) is 5.92 Å². The highest BCUT2D eigenvalue weighted by Crippen LogP contribution is 2.26. The first-order chi connectivity index (χ1) is 9.65. The van der Waals surface area contributed by atoms with E-state index in [9.17, 15) is 0 Å². The van der Waals surface area contributed by atoms with Gasteiger partial charge in [0.2, 0.25) is 0 Å². The van der Waals surface area contributed by atoms with E-state index < -0.39 is 0 Å². The Kier molecular flexibility index (Phi) is 5.40. The molecule has 0 spiro atoms. The van der Waals surface area contributed by atoms with Gasteiger partial charge in [-0.3, -0.25) is 4.90 Å². The summed E-state index contributed by atoms with van der Waals surface area (Å²) in [7, 11) is 3.45. The van der Waals surface area contributed by atoms with Crippen LogP contribution in [0.2, 0.25) is 0 Å². The predicted octanol–water partition coefficient (Wildman–Crippen LogP) is 2.05. The maximum atomic E-state index is 6.42. The second-order valence-electron chi connectivity index (χ2n) is 5.64. The van der Waals surface area contributed by atoms with Crippen molar-refractivity contribution in [2.24, 2.45) is 11.7 Å². The number of methoxy groups -OCH3 is 2. The zero-order chi connectivity index (χ0) is 14.5. The largest absolute Gasteiger partial charge is 0.497 e. The zero-order valence-corrected chi connectivity index (χ0v) is 12.7. The van der Waals surface area contributed by atoms with Crippen LogP contribution in [-0.4, -0.2) is 44.9 Å². The highest BCUT2D eigenvalue weighted by molar-refractivity contribution is 5.29. The summed E-state index contributed by atoms with van der Waals surface area (Å²) in [5, 5.41) is 0. The third-order valence-corrected chi connectivity index (χ3v) is 4.32. The fourth-order valence-electron chi connectivity index (χ4n) is 2.94.